The average molecular weight is 853 g/mol. The van der Waals surface area contributed by atoms with Crippen molar-refractivity contribution < 1.29 is 37.6 Å². The first-order valence-corrected chi connectivity index (χ1v) is 27.1. The Bertz CT molecular complexity index is 1580. The van der Waals surface area contributed by atoms with Crippen molar-refractivity contribution in [2.24, 2.45) is 23.2 Å². The van der Waals surface area contributed by atoms with Crippen LogP contribution in [0.25, 0.3) is 0 Å². The zero-order chi connectivity index (χ0) is 43.6. The minimum absolute atomic E-state index is 0.0523. The van der Waals surface area contributed by atoms with E-state index in [0.29, 0.717) is 25.9 Å². The van der Waals surface area contributed by atoms with Crippen molar-refractivity contribution in [1.29, 1.82) is 0 Å². The Hall–Kier alpha value is -1.71. The lowest BCUT2D eigenvalue weighted by Gasteiger charge is -2.51. The third-order valence-corrected chi connectivity index (χ3v) is 24.4. The molecule has 3 fully saturated rings. The molecule has 2 aromatic carbocycles. The van der Waals surface area contributed by atoms with Crippen molar-refractivity contribution >= 4 is 27.0 Å². The number of methoxy groups -OCH3 is 1. The summed E-state index contributed by atoms with van der Waals surface area (Å²) in [6.07, 6.45) is 1.18. The van der Waals surface area contributed by atoms with E-state index in [2.05, 4.69) is 143 Å². The summed E-state index contributed by atoms with van der Waals surface area (Å²) >= 11 is 0. The molecule has 59 heavy (non-hydrogen) atoms. The molecule has 332 valence electrons. The van der Waals surface area contributed by atoms with Crippen LogP contribution in [0.2, 0.25) is 23.2 Å². The monoisotopic (exact) mass is 853 g/mol. The van der Waals surface area contributed by atoms with Crippen LogP contribution in [0.1, 0.15) is 109 Å². The number of ether oxygens (including phenoxy) is 5. The van der Waals surface area contributed by atoms with Crippen LogP contribution in [0.3, 0.4) is 0 Å². The van der Waals surface area contributed by atoms with Gasteiger partial charge in [0.05, 0.1) is 36.6 Å². The minimum atomic E-state index is -2.78. The molecule has 1 spiro atoms. The highest BCUT2D eigenvalue weighted by Crippen LogP contribution is 2.57. The molecule has 0 aromatic heterocycles. The van der Waals surface area contributed by atoms with E-state index >= 15 is 0 Å². The van der Waals surface area contributed by atoms with Crippen LogP contribution < -0.4 is 10.4 Å². The molecule has 0 saturated carbocycles. The molecule has 0 amide bonds. The Balaban J connectivity index is 1.49. The van der Waals surface area contributed by atoms with Crippen molar-refractivity contribution in [3.63, 3.8) is 0 Å². The quantitative estimate of drug-likeness (QED) is 0.125. The summed E-state index contributed by atoms with van der Waals surface area (Å²) in [5, 5.41) is 14.4. The van der Waals surface area contributed by atoms with Gasteiger partial charge >= 0.3 is 0 Å². The van der Waals surface area contributed by atoms with Gasteiger partial charge in [0.2, 0.25) is 0 Å². The summed E-state index contributed by atoms with van der Waals surface area (Å²) in [7, 11) is -3.18. The van der Waals surface area contributed by atoms with Gasteiger partial charge in [-0.3, -0.25) is 0 Å². The molecule has 3 saturated heterocycles. The molecule has 3 aliphatic rings. The van der Waals surface area contributed by atoms with Crippen LogP contribution in [0.15, 0.2) is 73.3 Å². The maximum absolute atomic E-state index is 12.1. The summed E-state index contributed by atoms with van der Waals surface area (Å²) in [6.45, 7) is 33.2. The van der Waals surface area contributed by atoms with Gasteiger partial charge < -0.3 is 37.6 Å². The fraction of sp³-hybridized carbons (Fsp3) is 0.714. The van der Waals surface area contributed by atoms with E-state index < -0.39 is 45.8 Å². The normalized spacial score (nSPS) is 32.2. The zero-order valence-corrected chi connectivity index (χ0v) is 41.1. The molecule has 8 nitrogen and oxygen atoms in total. The second-order valence-corrected chi connectivity index (χ2v) is 29.1. The van der Waals surface area contributed by atoms with Gasteiger partial charge in [0.25, 0.3) is 8.32 Å². The molecule has 10 heteroatoms. The second kappa shape index (κ2) is 19.0. The molecule has 3 heterocycles. The molecular formula is C49H80O8Si2. The molecule has 1 N–H and O–H groups in total. The largest absolute Gasteiger partial charge is 0.410 e. The molecule has 2 aromatic rings. The first-order valence-electron chi connectivity index (χ1n) is 22.7. The molecule has 0 radical (unpaired) electrons. The number of aliphatic hydroxyl groups is 1. The Kier molecular flexibility index (Phi) is 15.5. The minimum Gasteiger partial charge on any atom is -0.410 e. The lowest BCUT2D eigenvalue weighted by atomic mass is 9.72. The predicted octanol–water partition coefficient (Wildman–Crippen LogP) is 9.63. The molecular weight excluding hydrogens is 773 g/mol. The highest BCUT2D eigenvalue weighted by Gasteiger charge is 2.68. The zero-order valence-electron chi connectivity index (χ0n) is 39.1. The Labute approximate surface area is 360 Å². The number of aliphatic hydroxyl groups excluding tert-OH is 1. The second-order valence-electron chi connectivity index (χ2n) is 20.0. The SMILES string of the molecule is C=C[C@@H](C)[C@H]1OC(C)(C)O[C@@H](C[C@H](OC)[C@H]2O[C@]3(C[C@@H](O)[C@H](C)[C@H](CCO[Si](c4ccccc4)(c4ccccc4)C(C)(C)C)O3)C(C)(C)[C@H]2O[Si](CC)(CC)CC)[C@@H]1C. The number of benzene rings is 2. The van der Waals surface area contributed by atoms with E-state index in [9.17, 15) is 5.11 Å². The summed E-state index contributed by atoms with van der Waals surface area (Å²) in [5.41, 5.74) is -0.633. The predicted molar refractivity (Wildman–Crippen MR) is 244 cm³/mol. The standard InChI is InChI=1S/C49H80O8Si2/c1-16-34(5)43-36(7)41(53-48(13,14)55-43)32-42(51-15)44-45(57-58(17-2,18-3)19-4)47(11,12)49(56-44)33-39(50)35(6)40(54-49)30-31-52-59(46(8,9)10,37-26-22-20-23-27-37)38-28-24-21-25-29-38/h16,20-29,34-36,39-45,50H,1,17-19,30-33H2,2-15H3/t34-,35+,36+,39-,40+,41+,42+,43-,44-,45+,49-/m1/s1. The van der Waals surface area contributed by atoms with Crippen LogP contribution in [0, 0.1) is 23.2 Å². The third kappa shape index (κ3) is 9.48. The van der Waals surface area contributed by atoms with Gasteiger partial charge in [0.15, 0.2) is 19.9 Å². The smallest absolute Gasteiger partial charge is 0.261 e. The number of hydrogen-bond acceptors (Lipinski definition) is 8. The van der Waals surface area contributed by atoms with Crippen LogP contribution >= 0.6 is 0 Å². The molecule has 0 aliphatic carbocycles. The van der Waals surface area contributed by atoms with Crippen LogP contribution in [0.4, 0.5) is 0 Å². The van der Waals surface area contributed by atoms with Gasteiger partial charge in [0, 0.05) is 49.7 Å². The highest BCUT2D eigenvalue weighted by atomic mass is 28.4. The van der Waals surface area contributed by atoms with Gasteiger partial charge in [-0.05, 0) is 53.8 Å². The van der Waals surface area contributed by atoms with Crippen molar-refractivity contribution in [3.05, 3.63) is 73.3 Å². The Morgan fingerprint density at radius 2 is 1.39 bits per heavy atom. The van der Waals surface area contributed by atoms with Gasteiger partial charge in [-0.15, -0.1) is 6.58 Å². The molecule has 0 bridgehead atoms. The number of rotatable bonds is 17. The van der Waals surface area contributed by atoms with E-state index in [1.807, 2.05) is 19.9 Å². The third-order valence-electron chi connectivity index (χ3n) is 14.8. The van der Waals surface area contributed by atoms with E-state index in [-0.39, 0.29) is 53.3 Å². The Morgan fingerprint density at radius 3 is 1.88 bits per heavy atom. The summed E-state index contributed by atoms with van der Waals surface area (Å²) < 4.78 is 49.4. The van der Waals surface area contributed by atoms with Crippen LogP contribution in [-0.2, 0) is 32.5 Å². The number of hydrogen-bond donors (Lipinski definition) is 1. The van der Waals surface area contributed by atoms with Crippen LogP contribution in [0.5, 0.6) is 0 Å². The molecule has 3 aliphatic heterocycles. The van der Waals surface area contributed by atoms with Crippen molar-refractivity contribution in [3.8, 4) is 0 Å². The molecule has 0 unspecified atom stereocenters. The van der Waals surface area contributed by atoms with Gasteiger partial charge in [-0.2, -0.15) is 0 Å². The van der Waals surface area contributed by atoms with E-state index in [0.717, 1.165) is 18.1 Å². The Morgan fingerprint density at radius 1 is 0.831 bits per heavy atom. The summed E-state index contributed by atoms with van der Waals surface area (Å²) in [5.74, 6) is -1.78. The summed E-state index contributed by atoms with van der Waals surface area (Å²) in [4.78, 5) is 0. The van der Waals surface area contributed by atoms with E-state index in [1.165, 1.54) is 10.4 Å². The van der Waals surface area contributed by atoms with E-state index in [4.69, 9.17) is 32.5 Å². The average Bonchev–Trinajstić information content (AvgIpc) is 3.40. The molecule has 11 atom stereocenters. The fourth-order valence-electron chi connectivity index (χ4n) is 10.5. The van der Waals surface area contributed by atoms with E-state index in [1.54, 1.807) is 7.11 Å². The van der Waals surface area contributed by atoms with Crippen molar-refractivity contribution in [2.75, 3.05) is 13.7 Å². The van der Waals surface area contributed by atoms with Gasteiger partial charge in [0.1, 0.15) is 6.10 Å². The van der Waals surface area contributed by atoms with Gasteiger partial charge in [-0.1, -0.05) is 143 Å². The topological polar surface area (TPSA) is 84.8 Å². The lowest BCUT2D eigenvalue weighted by molar-refractivity contribution is -0.341. The summed E-state index contributed by atoms with van der Waals surface area (Å²) in [6, 6.07) is 24.5. The van der Waals surface area contributed by atoms with Gasteiger partial charge in [-0.25, -0.2) is 0 Å². The highest BCUT2D eigenvalue weighted by molar-refractivity contribution is 6.99. The fourth-order valence-corrected chi connectivity index (χ4v) is 18.1. The first-order chi connectivity index (χ1) is 27.7. The lowest BCUT2D eigenvalue weighted by Crippen LogP contribution is -2.66. The van der Waals surface area contributed by atoms with Crippen molar-refractivity contribution in [2.45, 2.75) is 187 Å². The van der Waals surface area contributed by atoms with Crippen molar-refractivity contribution in [1.82, 2.24) is 0 Å². The first kappa shape index (κ1) is 48.3. The maximum atomic E-state index is 12.1. The maximum Gasteiger partial charge on any atom is 0.261 e. The molecule has 5 rings (SSSR count). The van der Waals surface area contributed by atoms with Crippen LogP contribution in [-0.4, -0.2) is 89.8 Å².